The zero-order valence-corrected chi connectivity index (χ0v) is 19.7. The number of pyridine rings is 1. The second kappa shape index (κ2) is 9.95. The lowest BCUT2D eigenvalue weighted by Gasteiger charge is -2.39. The summed E-state index contributed by atoms with van der Waals surface area (Å²) in [6.07, 6.45) is -5.05. The standard InChI is InChI=1S/C23H23ClF4N2O2S/c1-4-33-12-22(31,23(26,27)28)21(15-10-11-16(24)19(25)20(15)32-3)30-18-7-5-6-17-14(18)9-8-13(2)29-17/h5-11,21,30-31H,4,12H2,1-3H3. The molecule has 0 spiro atoms. The van der Waals surface area contributed by atoms with Crippen LogP contribution < -0.4 is 10.1 Å². The summed E-state index contributed by atoms with van der Waals surface area (Å²) in [5.41, 5.74) is -1.88. The normalized spacial score (nSPS) is 14.7. The van der Waals surface area contributed by atoms with Gasteiger partial charge in [-0.25, -0.2) is 4.39 Å². The molecule has 0 aliphatic heterocycles. The van der Waals surface area contributed by atoms with E-state index >= 15 is 0 Å². The molecule has 178 valence electrons. The largest absolute Gasteiger partial charge is 0.493 e. The first kappa shape index (κ1) is 25.4. The fourth-order valence-electron chi connectivity index (χ4n) is 3.56. The number of rotatable bonds is 8. The molecule has 33 heavy (non-hydrogen) atoms. The molecule has 0 radical (unpaired) electrons. The van der Waals surface area contributed by atoms with E-state index in [1.54, 1.807) is 44.2 Å². The molecule has 0 aliphatic carbocycles. The number of ether oxygens (including phenoxy) is 1. The highest BCUT2D eigenvalue weighted by molar-refractivity contribution is 7.99. The molecule has 2 aromatic carbocycles. The van der Waals surface area contributed by atoms with Crippen molar-refractivity contribution in [2.75, 3.05) is 23.9 Å². The minimum atomic E-state index is -5.05. The van der Waals surface area contributed by atoms with E-state index in [0.29, 0.717) is 22.3 Å². The number of alkyl halides is 3. The molecular formula is C23H23ClF4N2O2S. The molecular weight excluding hydrogens is 480 g/mol. The van der Waals surface area contributed by atoms with Crippen molar-refractivity contribution in [3.63, 3.8) is 0 Å². The van der Waals surface area contributed by atoms with E-state index in [1.165, 1.54) is 6.07 Å². The molecule has 10 heteroatoms. The van der Waals surface area contributed by atoms with E-state index in [4.69, 9.17) is 16.3 Å². The fourth-order valence-corrected chi connectivity index (χ4v) is 4.56. The van der Waals surface area contributed by atoms with Crippen LogP contribution in [0.3, 0.4) is 0 Å². The first-order chi connectivity index (χ1) is 15.5. The number of aromatic nitrogens is 1. The molecule has 3 rings (SSSR count). The van der Waals surface area contributed by atoms with Gasteiger partial charge in [-0.05, 0) is 43.0 Å². The van der Waals surface area contributed by atoms with Crippen LogP contribution in [0, 0.1) is 12.7 Å². The average molecular weight is 503 g/mol. The van der Waals surface area contributed by atoms with Crippen LogP contribution in [-0.2, 0) is 0 Å². The molecule has 2 unspecified atom stereocenters. The summed E-state index contributed by atoms with van der Waals surface area (Å²) in [4.78, 5) is 4.41. The fraction of sp³-hybridized carbons (Fsp3) is 0.348. The molecule has 1 aromatic heterocycles. The number of benzene rings is 2. The Morgan fingerprint density at radius 3 is 2.55 bits per heavy atom. The lowest BCUT2D eigenvalue weighted by Crippen LogP contribution is -2.54. The number of halogens is 5. The molecule has 0 bridgehead atoms. The molecule has 0 fully saturated rings. The van der Waals surface area contributed by atoms with Crippen LogP contribution in [0.2, 0.25) is 5.02 Å². The highest BCUT2D eigenvalue weighted by atomic mass is 35.5. The maximum Gasteiger partial charge on any atom is 0.420 e. The summed E-state index contributed by atoms with van der Waals surface area (Å²) in [5, 5.41) is 14.2. The van der Waals surface area contributed by atoms with Gasteiger partial charge in [0.15, 0.2) is 17.2 Å². The number of nitrogens with zero attached hydrogens (tertiary/aromatic N) is 1. The summed E-state index contributed by atoms with van der Waals surface area (Å²) in [5.74, 6) is -1.82. The summed E-state index contributed by atoms with van der Waals surface area (Å²) in [6, 6.07) is 8.96. The van der Waals surface area contributed by atoms with E-state index in [0.717, 1.165) is 30.6 Å². The molecule has 4 nitrogen and oxygen atoms in total. The van der Waals surface area contributed by atoms with Crippen LogP contribution in [0.4, 0.5) is 23.2 Å². The molecule has 0 saturated carbocycles. The van der Waals surface area contributed by atoms with E-state index < -0.39 is 35.1 Å². The van der Waals surface area contributed by atoms with Crippen molar-refractivity contribution < 1.29 is 27.4 Å². The summed E-state index contributed by atoms with van der Waals surface area (Å²) in [7, 11) is 1.13. The first-order valence-electron chi connectivity index (χ1n) is 10.0. The molecule has 0 aliphatic rings. The van der Waals surface area contributed by atoms with Gasteiger partial charge in [0.25, 0.3) is 0 Å². The maximum absolute atomic E-state index is 14.7. The van der Waals surface area contributed by atoms with E-state index in [2.05, 4.69) is 10.3 Å². The van der Waals surface area contributed by atoms with E-state index in [-0.39, 0.29) is 10.6 Å². The summed E-state index contributed by atoms with van der Waals surface area (Å²) < 4.78 is 62.9. The molecule has 1 heterocycles. The lowest BCUT2D eigenvalue weighted by atomic mass is 9.88. The number of nitrogens with one attached hydrogen (secondary N) is 1. The third-order valence-electron chi connectivity index (χ3n) is 5.26. The van der Waals surface area contributed by atoms with Crippen LogP contribution in [-0.4, -0.2) is 40.5 Å². The monoisotopic (exact) mass is 502 g/mol. The van der Waals surface area contributed by atoms with Crippen molar-refractivity contribution in [2.45, 2.75) is 31.7 Å². The Hall–Kier alpha value is -2.23. The number of hydrogen-bond donors (Lipinski definition) is 2. The van der Waals surface area contributed by atoms with Crippen molar-refractivity contribution in [1.82, 2.24) is 4.98 Å². The second-order valence-electron chi connectivity index (χ2n) is 7.45. The van der Waals surface area contributed by atoms with Gasteiger partial charge >= 0.3 is 6.18 Å². The van der Waals surface area contributed by atoms with Gasteiger partial charge in [0.2, 0.25) is 0 Å². The van der Waals surface area contributed by atoms with Crippen molar-refractivity contribution in [1.29, 1.82) is 0 Å². The van der Waals surface area contributed by atoms with Crippen LogP contribution in [0.1, 0.15) is 24.2 Å². The number of aryl methyl sites for hydroxylation is 1. The Morgan fingerprint density at radius 1 is 1.18 bits per heavy atom. The van der Waals surface area contributed by atoms with Gasteiger partial charge in [-0.1, -0.05) is 30.7 Å². The quantitative estimate of drug-likeness (QED) is 0.342. The van der Waals surface area contributed by atoms with Gasteiger partial charge in [0, 0.05) is 28.1 Å². The molecule has 2 N–H and O–H groups in total. The third-order valence-corrected chi connectivity index (χ3v) is 6.61. The molecule has 0 saturated heterocycles. The van der Waals surface area contributed by atoms with E-state index in [1.807, 2.05) is 0 Å². The highest BCUT2D eigenvalue weighted by Crippen LogP contribution is 2.47. The van der Waals surface area contributed by atoms with Gasteiger partial charge in [0.05, 0.1) is 23.7 Å². The van der Waals surface area contributed by atoms with Gasteiger partial charge in [0.1, 0.15) is 0 Å². The Labute approximate surface area is 198 Å². The van der Waals surface area contributed by atoms with Crippen LogP contribution in [0.5, 0.6) is 5.75 Å². The molecule has 2 atom stereocenters. The van der Waals surface area contributed by atoms with Crippen LogP contribution in [0.25, 0.3) is 10.9 Å². The Bertz CT molecular complexity index is 1150. The van der Waals surface area contributed by atoms with Crippen molar-refractivity contribution in [2.24, 2.45) is 0 Å². The van der Waals surface area contributed by atoms with Gasteiger partial charge in [-0.2, -0.15) is 24.9 Å². The zero-order valence-electron chi connectivity index (χ0n) is 18.1. The minimum absolute atomic E-state index is 0.215. The third kappa shape index (κ3) is 5.00. The van der Waals surface area contributed by atoms with Crippen LogP contribution >= 0.6 is 23.4 Å². The number of fused-ring (bicyclic) bond motifs is 1. The number of methoxy groups -OCH3 is 1. The SMILES string of the molecule is CCSCC(O)(C(Nc1cccc2nc(C)ccc12)c1ccc(Cl)c(F)c1OC)C(F)(F)F. The van der Waals surface area contributed by atoms with Gasteiger partial charge < -0.3 is 15.2 Å². The number of anilines is 1. The topological polar surface area (TPSA) is 54.4 Å². The Balaban J connectivity index is 2.26. The van der Waals surface area contributed by atoms with Crippen LogP contribution in [0.15, 0.2) is 42.5 Å². The second-order valence-corrected chi connectivity index (χ2v) is 9.13. The van der Waals surface area contributed by atoms with E-state index in [9.17, 15) is 22.7 Å². The van der Waals surface area contributed by atoms with Crippen molar-refractivity contribution in [3.8, 4) is 5.75 Å². The number of aliphatic hydroxyl groups is 1. The smallest absolute Gasteiger partial charge is 0.420 e. The summed E-state index contributed by atoms with van der Waals surface area (Å²) >= 11 is 6.76. The lowest BCUT2D eigenvalue weighted by molar-refractivity contribution is -0.256. The number of thioether (sulfide) groups is 1. The Kier molecular flexibility index (Phi) is 7.65. The van der Waals surface area contributed by atoms with Gasteiger partial charge in [-0.15, -0.1) is 0 Å². The maximum atomic E-state index is 14.7. The van der Waals surface area contributed by atoms with Gasteiger partial charge in [-0.3, -0.25) is 4.98 Å². The zero-order chi connectivity index (χ0) is 24.4. The molecule has 3 aromatic rings. The summed E-state index contributed by atoms with van der Waals surface area (Å²) in [6.45, 7) is 3.49. The highest BCUT2D eigenvalue weighted by Gasteiger charge is 2.59. The number of hydrogen-bond acceptors (Lipinski definition) is 5. The van der Waals surface area contributed by atoms with Crippen molar-refractivity contribution >= 4 is 40.0 Å². The van der Waals surface area contributed by atoms with Crippen molar-refractivity contribution in [3.05, 3.63) is 64.6 Å². The Morgan fingerprint density at radius 2 is 1.91 bits per heavy atom. The average Bonchev–Trinajstić information content (AvgIpc) is 2.76. The molecule has 0 amide bonds. The predicted molar refractivity (Wildman–Crippen MR) is 125 cm³/mol. The minimum Gasteiger partial charge on any atom is -0.493 e. The predicted octanol–water partition coefficient (Wildman–Crippen LogP) is 6.54. The first-order valence-corrected chi connectivity index (χ1v) is 11.6.